The van der Waals surface area contributed by atoms with E-state index >= 15 is 0 Å². The van der Waals surface area contributed by atoms with Crippen molar-refractivity contribution in [3.8, 4) is 11.1 Å². The third-order valence-electron chi connectivity index (χ3n) is 4.36. The van der Waals surface area contributed by atoms with E-state index in [2.05, 4.69) is 10.1 Å². The molecule has 2 aromatic heterocycles. The second-order valence-corrected chi connectivity index (χ2v) is 6.46. The number of hydrogen-bond acceptors (Lipinski definition) is 6. The monoisotopic (exact) mass is 375 g/mol. The maximum absolute atomic E-state index is 12.8. The Morgan fingerprint density at radius 2 is 1.93 bits per heavy atom. The van der Waals surface area contributed by atoms with E-state index in [1.807, 2.05) is 18.2 Å². The Morgan fingerprint density at radius 3 is 2.71 bits per heavy atom. The van der Waals surface area contributed by atoms with Crippen molar-refractivity contribution in [1.82, 2.24) is 15.0 Å². The molecule has 0 bridgehead atoms. The first kappa shape index (κ1) is 17.7. The molecule has 0 aliphatic heterocycles. The lowest BCUT2D eigenvalue weighted by Crippen LogP contribution is -2.26. The number of amides is 1. The van der Waals surface area contributed by atoms with Crippen LogP contribution in [-0.2, 0) is 6.54 Å². The summed E-state index contributed by atoms with van der Waals surface area (Å²) in [6.07, 6.45) is 0. The lowest BCUT2D eigenvalue weighted by Gasteiger charge is -2.15. The number of benzene rings is 2. The zero-order valence-corrected chi connectivity index (χ0v) is 15.4. The van der Waals surface area contributed by atoms with E-state index in [1.165, 1.54) is 4.90 Å². The van der Waals surface area contributed by atoms with E-state index < -0.39 is 5.63 Å². The van der Waals surface area contributed by atoms with Crippen LogP contribution in [0.25, 0.3) is 22.1 Å². The highest BCUT2D eigenvalue weighted by molar-refractivity contribution is 5.95. The van der Waals surface area contributed by atoms with Gasteiger partial charge in [-0.05, 0) is 29.8 Å². The number of rotatable bonds is 4. The van der Waals surface area contributed by atoms with Crippen molar-refractivity contribution >= 4 is 16.9 Å². The van der Waals surface area contributed by atoms with Crippen molar-refractivity contribution in [1.29, 1.82) is 0 Å². The topological polar surface area (TPSA) is 89.4 Å². The molecule has 0 aliphatic rings. The van der Waals surface area contributed by atoms with E-state index in [9.17, 15) is 9.59 Å². The van der Waals surface area contributed by atoms with Crippen molar-refractivity contribution in [2.75, 3.05) is 7.05 Å². The molecule has 7 nitrogen and oxygen atoms in total. The van der Waals surface area contributed by atoms with Gasteiger partial charge in [0, 0.05) is 24.9 Å². The molecule has 0 radical (unpaired) electrons. The lowest BCUT2D eigenvalue weighted by molar-refractivity contribution is 0.0780. The molecule has 0 N–H and O–H groups in total. The average Bonchev–Trinajstić information content (AvgIpc) is 3.11. The van der Waals surface area contributed by atoms with Crippen LogP contribution in [0.5, 0.6) is 0 Å². The third-order valence-corrected chi connectivity index (χ3v) is 4.36. The molecule has 0 unspecified atom stereocenters. The summed E-state index contributed by atoms with van der Waals surface area (Å²) in [5, 5.41) is 4.62. The fourth-order valence-corrected chi connectivity index (χ4v) is 2.99. The quantitative estimate of drug-likeness (QED) is 0.508. The van der Waals surface area contributed by atoms with Gasteiger partial charge in [0.2, 0.25) is 5.89 Å². The number of fused-ring (bicyclic) bond motifs is 1. The summed E-state index contributed by atoms with van der Waals surface area (Å²) < 4.78 is 10.3. The smallest absolute Gasteiger partial charge is 0.344 e. The van der Waals surface area contributed by atoms with Crippen molar-refractivity contribution in [2.45, 2.75) is 13.5 Å². The first-order chi connectivity index (χ1) is 13.5. The molecule has 4 aromatic rings. The molecule has 0 atom stereocenters. The Hall–Kier alpha value is -3.74. The predicted octanol–water partition coefficient (Wildman–Crippen LogP) is 3.42. The van der Waals surface area contributed by atoms with Crippen molar-refractivity contribution in [3.05, 3.63) is 82.3 Å². The standard InChI is InChI=1S/C21H17N3O4/c1-13-22-19(23-28-13)12-24(2)20(25)16-8-5-7-14(10-16)17-11-15-6-3-4-9-18(15)27-21(17)26/h3-11H,12H2,1-2H3. The van der Waals surface area contributed by atoms with Crippen LogP contribution in [0, 0.1) is 6.92 Å². The molecule has 140 valence electrons. The summed E-state index contributed by atoms with van der Waals surface area (Å²) in [5.74, 6) is 0.662. The van der Waals surface area contributed by atoms with Gasteiger partial charge in [-0.1, -0.05) is 35.5 Å². The number of carbonyl (C=O) groups excluding carboxylic acids is 1. The number of aryl methyl sites for hydroxylation is 1. The van der Waals surface area contributed by atoms with Crippen LogP contribution < -0.4 is 5.63 Å². The van der Waals surface area contributed by atoms with Gasteiger partial charge in [-0.3, -0.25) is 4.79 Å². The Morgan fingerprint density at radius 1 is 1.11 bits per heavy atom. The van der Waals surface area contributed by atoms with Gasteiger partial charge >= 0.3 is 5.63 Å². The molecular weight excluding hydrogens is 358 g/mol. The Balaban J connectivity index is 1.65. The number of carbonyl (C=O) groups is 1. The van der Waals surface area contributed by atoms with Gasteiger partial charge in [-0.2, -0.15) is 4.98 Å². The van der Waals surface area contributed by atoms with Gasteiger partial charge < -0.3 is 13.8 Å². The zero-order valence-electron chi connectivity index (χ0n) is 15.4. The fraction of sp³-hybridized carbons (Fsp3) is 0.143. The molecule has 7 heteroatoms. The second-order valence-electron chi connectivity index (χ2n) is 6.46. The average molecular weight is 375 g/mol. The van der Waals surface area contributed by atoms with Crippen molar-refractivity contribution < 1.29 is 13.7 Å². The summed E-state index contributed by atoms with van der Waals surface area (Å²) >= 11 is 0. The first-order valence-corrected chi connectivity index (χ1v) is 8.69. The minimum Gasteiger partial charge on any atom is -0.422 e. The maximum Gasteiger partial charge on any atom is 0.344 e. The minimum absolute atomic E-state index is 0.213. The summed E-state index contributed by atoms with van der Waals surface area (Å²) in [4.78, 5) is 30.8. The van der Waals surface area contributed by atoms with E-state index in [-0.39, 0.29) is 12.5 Å². The van der Waals surface area contributed by atoms with Crippen LogP contribution in [0.15, 0.2) is 68.3 Å². The summed E-state index contributed by atoms with van der Waals surface area (Å²) in [5.41, 5.74) is 1.56. The molecule has 0 saturated heterocycles. The van der Waals surface area contributed by atoms with Crippen LogP contribution in [0.4, 0.5) is 0 Å². The summed E-state index contributed by atoms with van der Waals surface area (Å²) in [6.45, 7) is 1.91. The molecule has 28 heavy (non-hydrogen) atoms. The summed E-state index contributed by atoms with van der Waals surface area (Å²) in [7, 11) is 1.66. The molecule has 2 aromatic carbocycles. The minimum atomic E-state index is -0.445. The zero-order chi connectivity index (χ0) is 19.7. The number of hydrogen-bond donors (Lipinski definition) is 0. The van der Waals surface area contributed by atoms with Crippen LogP contribution in [0.1, 0.15) is 22.1 Å². The van der Waals surface area contributed by atoms with E-state index in [1.54, 1.807) is 50.4 Å². The predicted molar refractivity (Wildman–Crippen MR) is 103 cm³/mol. The Kier molecular flexibility index (Phi) is 4.49. The summed E-state index contributed by atoms with van der Waals surface area (Å²) in [6, 6.07) is 16.0. The van der Waals surface area contributed by atoms with E-state index in [0.717, 1.165) is 5.39 Å². The van der Waals surface area contributed by atoms with E-state index in [4.69, 9.17) is 8.94 Å². The number of para-hydroxylation sites is 1. The first-order valence-electron chi connectivity index (χ1n) is 8.69. The highest BCUT2D eigenvalue weighted by atomic mass is 16.5. The van der Waals surface area contributed by atoms with Gasteiger partial charge in [0.1, 0.15) is 5.58 Å². The van der Waals surface area contributed by atoms with Crippen molar-refractivity contribution in [2.24, 2.45) is 0 Å². The van der Waals surface area contributed by atoms with Gasteiger partial charge in [0.15, 0.2) is 5.82 Å². The molecule has 4 rings (SSSR count). The molecule has 1 amide bonds. The normalized spacial score (nSPS) is 10.9. The molecule has 0 aliphatic carbocycles. The van der Waals surface area contributed by atoms with E-state index in [0.29, 0.717) is 34.0 Å². The van der Waals surface area contributed by atoms with Crippen LogP contribution in [-0.4, -0.2) is 28.0 Å². The fourth-order valence-electron chi connectivity index (χ4n) is 2.99. The largest absolute Gasteiger partial charge is 0.422 e. The van der Waals surface area contributed by atoms with Crippen LogP contribution in [0.3, 0.4) is 0 Å². The van der Waals surface area contributed by atoms with Gasteiger partial charge in [-0.15, -0.1) is 0 Å². The number of nitrogens with zero attached hydrogens (tertiary/aromatic N) is 3. The SMILES string of the molecule is Cc1nc(CN(C)C(=O)c2cccc(-c3cc4ccccc4oc3=O)c2)no1. The highest BCUT2D eigenvalue weighted by Gasteiger charge is 2.16. The second kappa shape index (κ2) is 7.11. The molecule has 0 saturated carbocycles. The third kappa shape index (κ3) is 3.42. The van der Waals surface area contributed by atoms with Crippen molar-refractivity contribution in [3.63, 3.8) is 0 Å². The molecule has 0 spiro atoms. The highest BCUT2D eigenvalue weighted by Crippen LogP contribution is 2.22. The van der Waals surface area contributed by atoms with Gasteiger partial charge in [0.25, 0.3) is 5.91 Å². The molecule has 2 heterocycles. The van der Waals surface area contributed by atoms with Gasteiger partial charge in [0.05, 0.1) is 12.1 Å². The lowest BCUT2D eigenvalue weighted by atomic mass is 10.0. The number of aromatic nitrogens is 2. The molecule has 0 fully saturated rings. The maximum atomic E-state index is 12.8. The van der Waals surface area contributed by atoms with Gasteiger partial charge in [-0.25, -0.2) is 4.79 Å². The molecular formula is C21H17N3O4. The van der Waals surface area contributed by atoms with Crippen LogP contribution >= 0.6 is 0 Å². The Labute approximate surface area is 160 Å². The van der Waals surface area contributed by atoms with Crippen LogP contribution in [0.2, 0.25) is 0 Å². The Bertz CT molecular complexity index is 1230.